The van der Waals surface area contributed by atoms with Crippen molar-refractivity contribution in [1.82, 2.24) is 0 Å². The van der Waals surface area contributed by atoms with Crippen molar-refractivity contribution in [2.75, 3.05) is 6.26 Å². The highest BCUT2D eigenvalue weighted by Gasteiger charge is 2.40. The van der Waals surface area contributed by atoms with Crippen LogP contribution in [0.1, 0.15) is 26.2 Å². The van der Waals surface area contributed by atoms with Crippen molar-refractivity contribution >= 4 is 29.3 Å². The molecule has 1 rings (SSSR count). The van der Waals surface area contributed by atoms with Gasteiger partial charge in [0.15, 0.2) is 5.78 Å². The molecular formula is C11H16O4S. The summed E-state index contributed by atoms with van der Waals surface area (Å²) in [5.41, 5.74) is 0. The number of hydrogen-bond acceptors (Lipinski definition) is 4. The number of carboxylic acids is 1. The first-order valence-corrected chi connectivity index (χ1v) is 6.54. The second kappa shape index (κ2) is 5.48. The molecule has 0 amide bonds. The molecule has 3 atom stereocenters. The summed E-state index contributed by atoms with van der Waals surface area (Å²) in [5, 5.41) is 9.28. The van der Waals surface area contributed by atoms with E-state index in [0.717, 1.165) is 0 Å². The predicted molar refractivity (Wildman–Crippen MR) is 61.5 cm³/mol. The van der Waals surface area contributed by atoms with Gasteiger partial charge in [0.2, 0.25) is 0 Å². The smallest absolute Gasteiger partial charge is 0.314 e. The van der Waals surface area contributed by atoms with E-state index >= 15 is 0 Å². The van der Waals surface area contributed by atoms with Gasteiger partial charge in [-0.1, -0.05) is 6.92 Å². The molecule has 3 unspecified atom stereocenters. The number of carbonyl (C=O) groups excluding carboxylic acids is 2. The van der Waals surface area contributed by atoms with Gasteiger partial charge in [0.05, 0.1) is 6.42 Å². The number of carbonyl (C=O) groups is 3. The minimum Gasteiger partial charge on any atom is -0.481 e. The lowest BCUT2D eigenvalue weighted by atomic mass is 9.75. The molecule has 0 bridgehead atoms. The Kier molecular flexibility index (Phi) is 4.53. The van der Waals surface area contributed by atoms with E-state index in [4.69, 9.17) is 5.11 Å². The van der Waals surface area contributed by atoms with E-state index in [1.165, 1.54) is 0 Å². The molecule has 1 aliphatic carbocycles. The van der Waals surface area contributed by atoms with Crippen LogP contribution in [0.25, 0.3) is 0 Å². The molecule has 1 saturated carbocycles. The van der Waals surface area contributed by atoms with Gasteiger partial charge in [0.25, 0.3) is 0 Å². The summed E-state index contributed by atoms with van der Waals surface area (Å²) in [6.45, 7) is 1.98. The van der Waals surface area contributed by atoms with E-state index in [2.05, 4.69) is 0 Å². The third kappa shape index (κ3) is 3.07. The Bertz CT molecular complexity index is 313. The molecule has 0 radical (unpaired) electrons. The van der Waals surface area contributed by atoms with Crippen LogP contribution in [0.3, 0.4) is 0 Å². The fourth-order valence-corrected chi connectivity index (χ4v) is 2.57. The van der Waals surface area contributed by atoms with E-state index in [1.807, 2.05) is 13.2 Å². The second-order valence-electron chi connectivity index (χ2n) is 4.24. The molecule has 0 aromatic rings. The first kappa shape index (κ1) is 13.2. The molecule has 0 heterocycles. The standard InChI is InChI=1S/C11H16O4S/c1-6(16-2)3-7-4-8(12)5-9(13)10(7)11(14)15/h6-7,10H,3-5H2,1-2H3,(H,14,15). The van der Waals surface area contributed by atoms with Crippen molar-refractivity contribution in [2.45, 2.75) is 31.4 Å². The first-order valence-electron chi connectivity index (χ1n) is 5.25. The van der Waals surface area contributed by atoms with E-state index in [9.17, 15) is 14.4 Å². The van der Waals surface area contributed by atoms with Gasteiger partial charge in [0, 0.05) is 11.7 Å². The zero-order valence-corrected chi connectivity index (χ0v) is 10.3. The fourth-order valence-electron chi connectivity index (χ4n) is 2.13. The fraction of sp³-hybridized carbons (Fsp3) is 0.727. The van der Waals surface area contributed by atoms with Crippen LogP contribution < -0.4 is 0 Å². The molecule has 5 heteroatoms. The highest BCUT2D eigenvalue weighted by molar-refractivity contribution is 7.99. The molecule has 0 aromatic heterocycles. The second-order valence-corrected chi connectivity index (χ2v) is 5.52. The van der Waals surface area contributed by atoms with Crippen molar-refractivity contribution in [3.05, 3.63) is 0 Å². The number of aliphatic carboxylic acids is 1. The Morgan fingerprint density at radius 3 is 2.69 bits per heavy atom. The van der Waals surface area contributed by atoms with Crippen molar-refractivity contribution in [1.29, 1.82) is 0 Å². The van der Waals surface area contributed by atoms with Gasteiger partial charge in [-0.2, -0.15) is 11.8 Å². The monoisotopic (exact) mass is 244 g/mol. The quantitative estimate of drug-likeness (QED) is 0.756. The molecule has 4 nitrogen and oxygen atoms in total. The van der Waals surface area contributed by atoms with Gasteiger partial charge in [0.1, 0.15) is 11.7 Å². The normalized spacial score (nSPS) is 27.9. The minimum atomic E-state index is -1.09. The molecule has 1 aliphatic rings. The maximum absolute atomic E-state index is 11.5. The number of rotatable bonds is 4. The number of thioether (sulfide) groups is 1. The van der Waals surface area contributed by atoms with Gasteiger partial charge < -0.3 is 5.11 Å². The third-order valence-corrected chi connectivity index (χ3v) is 3.98. The molecule has 0 aliphatic heterocycles. The molecule has 16 heavy (non-hydrogen) atoms. The van der Waals surface area contributed by atoms with E-state index in [-0.39, 0.29) is 29.8 Å². The average molecular weight is 244 g/mol. The summed E-state index contributed by atoms with van der Waals surface area (Å²) in [5.74, 6) is -2.94. The van der Waals surface area contributed by atoms with Crippen molar-refractivity contribution in [3.8, 4) is 0 Å². The van der Waals surface area contributed by atoms with Crippen LogP contribution in [-0.2, 0) is 14.4 Å². The van der Waals surface area contributed by atoms with Crippen LogP contribution in [0.2, 0.25) is 0 Å². The van der Waals surface area contributed by atoms with Crippen molar-refractivity contribution in [2.24, 2.45) is 11.8 Å². The summed E-state index contributed by atoms with van der Waals surface area (Å²) < 4.78 is 0. The molecule has 0 aromatic carbocycles. The zero-order valence-electron chi connectivity index (χ0n) is 9.43. The Labute approximate surface area is 98.8 Å². The summed E-state index contributed by atoms with van der Waals surface area (Å²) in [6, 6.07) is 0. The van der Waals surface area contributed by atoms with E-state index < -0.39 is 17.7 Å². The van der Waals surface area contributed by atoms with Gasteiger partial charge in [-0.25, -0.2) is 0 Å². The van der Waals surface area contributed by atoms with Gasteiger partial charge in [-0.05, 0) is 18.6 Å². The van der Waals surface area contributed by atoms with Gasteiger partial charge in [-0.3, -0.25) is 14.4 Å². The minimum absolute atomic E-state index is 0.124. The lowest BCUT2D eigenvalue weighted by Gasteiger charge is -2.28. The van der Waals surface area contributed by atoms with Crippen LogP contribution >= 0.6 is 11.8 Å². The summed E-state index contributed by atoms with van der Waals surface area (Å²) in [6.07, 6.45) is 2.57. The van der Waals surface area contributed by atoms with Crippen LogP contribution in [-0.4, -0.2) is 34.1 Å². The maximum Gasteiger partial charge on any atom is 0.314 e. The number of Topliss-reactive ketones (excluding diaryl/α,β-unsaturated/α-hetero) is 2. The third-order valence-electron chi connectivity index (χ3n) is 2.98. The highest BCUT2D eigenvalue weighted by Crippen LogP contribution is 2.31. The van der Waals surface area contributed by atoms with E-state index in [0.29, 0.717) is 6.42 Å². The average Bonchev–Trinajstić information content (AvgIpc) is 2.15. The van der Waals surface area contributed by atoms with Gasteiger partial charge in [-0.15, -0.1) is 0 Å². The van der Waals surface area contributed by atoms with Crippen LogP contribution in [0.15, 0.2) is 0 Å². The Morgan fingerprint density at radius 1 is 1.56 bits per heavy atom. The summed E-state index contributed by atoms with van der Waals surface area (Å²) in [4.78, 5) is 33.8. The predicted octanol–water partition coefficient (Wildman–Crippen LogP) is 1.38. The molecule has 1 fully saturated rings. The maximum atomic E-state index is 11.5. The van der Waals surface area contributed by atoms with Crippen molar-refractivity contribution in [3.63, 3.8) is 0 Å². The number of carboxylic acid groups (broad SMARTS) is 1. The zero-order chi connectivity index (χ0) is 12.3. The van der Waals surface area contributed by atoms with Crippen LogP contribution in [0.5, 0.6) is 0 Å². The summed E-state index contributed by atoms with van der Waals surface area (Å²) in [7, 11) is 0. The topological polar surface area (TPSA) is 71.4 Å². The lowest BCUT2D eigenvalue weighted by Crippen LogP contribution is -2.39. The summed E-state index contributed by atoms with van der Waals surface area (Å²) >= 11 is 1.62. The Hall–Kier alpha value is -0.840. The molecule has 1 N–H and O–H groups in total. The number of ketones is 2. The van der Waals surface area contributed by atoms with Gasteiger partial charge >= 0.3 is 5.97 Å². The van der Waals surface area contributed by atoms with Crippen molar-refractivity contribution < 1.29 is 19.5 Å². The Balaban J connectivity index is 2.79. The molecular weight excluding hydrogens is 228 g/mol. The lowest BCUT2D eigenvalue weighted by molar-refractivity contribution is -0.151. The SMILES string of the molecule is CSC(C)CC1CC(=O)CC(=O)C1C(=O)O. The van der Waals surface area contributed by atoms with Crippen LogP contribution in [0.4, 0.5) is 0 Å². The Morgan fingerprint density at radius 2 is 2.19 bits per heavy atom. The molecule has 0 saturated heterocycles. The highest BCUT2D eigenvalue weighted by atomic mass is 32.2. The molecule has 90 valence electrons. The first-order chi connectivity index (χ1) is 7.45. The van der Waals surface area contributed by atoms with E-state index in [1.54, 1.807) is 11.8 Å². The molecule has 0 spiro atoms. The largest absolute Gasteiger partial charge is 0.481 e. The van der Waals surface area contributed by atoms with Crippen LogP contribution in [0, 0.1) is 11.8 Å². The number of hydrogen-bond donors (Lipinski definition) is 1.